The second kappa shape index (κ2) is 11.9. The first-order valence-corrected chi connectivity index (χ1v) is 17.4. The molecule has 0 aliphatic carbocycles. The monoisotopic (exact) mass is 652 g/mol. The molecule has 0 saturated carbocycles. The third kappa shape index (κ3) is 4.90. The molecule has 0 aliphatic rings. The zero-order valence-corrected chi connectivity index (χ0v) is 27.8. The third-order valence-corrected chi connectivity index (χ3v) is 9.96. The summed E-state index contributed by atoms with van der Waals surface area (Å²) in [7, 11) is 0. The number of para-hydroxylation sites is 2. The Morgan fingerprint density at radius 2 is 0.765 bits per heavy atom. The highest BCUT2D eigenvalue weighted by Gasteiger charge is 2.28. The fourth-order valence-corrected chi connectivity index (χ4v) is 7.56. The van der Waals surface area contributed by atoms with Crippen LogP contribution >= 0.6 is 0 Å². The number of benzene rings is 9. The minimum atomic E-state index is 0.831. The summed E-state index contributed by atoms with van der Waals surface area (Å²) < 4.78 is 7.17. The highest BCUT2D eigenvalue weighted by atomic mass is 16.3. The molecule has 51 heavy (non-hydrogen) atoms. The summed E-state index contributed by atoms with van der Waals surface area (Å²) in [5.41, 5.74) is 7.90. The van der Waals surface area contributed by atoms with Crippen LogP contribution in [0.5, 0.6) is 0 Å². The van der Waals surface area contributed by atoms with E-state index in [1.165, 1.54) is 21.5 Å². The van der Waals surface area contributed by atoms with Crippen molar-refractivity contribution in [2.75, 3.05) is 9.80 Å². The van der Waals surface area contributed by atoms with E-state index in [0.29, 0.717) is 0 Å². The van der Waals surface area contributed by atoms with Crippen molar-refractivity contribution < 1.29 is 4.42 Å². The summed E-state index contributed by atoms with van der Waals surface area (Å²) in [6, 6.07) is 69.2. The Morgan fingerprint density at radius 3 is 1.41 bits per heavy atom. The van der Waals surface area contributed by atoms with Gasteiger partial charge in [0.25, 0.3) is 0 Å². The van der Waals surface area contributed by atoms with Crippen molar-refractivity contribution in [3.05, 3.63) is 194 Å². The summed E-state index contributed by atoms with van der Waals surface area (Å²) in [5, 5.41) is 9.19. The van der Waals surface area contributed by atoms with Gasteiger partial charge in [-0.1, -0.05) is 127 Å². The molecule has 0 amide bonds. The fourth-order valence-electron chi connectivity index (χ4n) is 7.56. The third-order valence-electron chi connectivity index (χ3n) is 9.96. The van der Waals surface area contributed by atoms with E-state index in [-0.39, 0.29) is 0 Å². The topological polar surface area (TPSA) is 19.6 Å². The van der Waals surface area contributed by atoms with E-state index in [1.54, 1.807) is 0 Å². The van der Waals surface area contributed by atoms with E-state index >= 15 is 0 Å². The minimum Gasteiger partial charge on any atom is -0.453 e. The Kier molecular flexibility index (Phi) is 6.81. The second-order valence-corrected chi connectivity index (χ2v) is 13.0. The number of hydrogen-bond acceptors (Lipinski definition) is 3. The number of anilines is 6. The van der Waals surface area contributed by atoms with Crippen molar-refractivity contribution in [1.82, 2.24) is 0 Å². The van der Waals surface area contributed by atoms with Gasteiger partial charge in [-0.05, 0) is 93.7 Å². The molecule has 9 aromatic carbocycles. The van der Waals surface area contributed by atoms with Gasteiger partial charge in [0.1, 0.15) is 11.3 Å². The smallest absolute Gasteiger partial charge is 0.161 e. The van der Waals surface area contributed by atoms with Crippen molar-refractivity contribution in [2.24, 2.45) is 0 Å². The molecule has 1 aromatic heterocycles. The number of furan rings is 1. The molecule has 0 bridgehead atoms. The first-order valence-electron chi connectivity index (χ1n) is 17.4. The Morgan fingerprint density at radius 1 is 0.294 bits per heavy atom. The van der Waals surface area contributed by atoms with Crippen LogP contribution in [0, 0.1) is 0 Å². The molecule has 0 atom stereocenters. The predicted octanol–water partition coefficient (Wildman–Crippen LogP) is 14.0. The second-order valence-electron chi connectivity index (χ2n) is 13.0. The van der Waals surface area contributed by atoms with Crippen molar-refractivity contribution in [2.45, 2.75) is 0 Å². The van der Waals surface area contributed by atoms with Gasteiger partial charge in [0.15, 0.2) is 5.58 Å². The molecule has 0 unspecified atom stereocenters. The van der Waals surface area contributed by atoms with Gasteiger partial charge in [-0.2, -0.15) is 0 Å². The molecule has 10 rings (SSSR count). The SMILES string of the molecule is c1ccc(N(c2ccc3ccccc3c2)c2ccc3c(oc4c5ccccc5ccc34)c2N(c2ccccc2)c2ccc3ccccc3c2)cc1. The lowest BCUT2D eigenvalue weighted by Crippen LogP contribution is -2.17. The average molecular weight is 653 g/mol. The normalized spacial score (nSPS) is 11.5. The summed E-state index contributed by atoms with van der Waals surface area (Å²) in [4.78, 5) is 4.73. The molecule has 0 fully saturated rings. The molecule has 0 radical (unpaired) electrons. The maximum Gasteiger partial charge on any atom is 0.161 e. The van der Waals surface area contributed by atoms with Gasteiger partial charge in [-0.25, -0.2) is 0 Å². The van der Waals surface area contributed by atoms with E-state index in [9.17, 15) is 0 Å². The first kappa shape index (κ1) is 29.1. The summed E-state index contributed by atoms with van der Waals surface area (Å²) in [5.74, 6) is 0. The molecule has 240 valence electrons. The van der Waals surface area contributed by atoms with Crippen LogP contribution in [0.15, 0.2) is 199 Å². The standard InChI is InChI=1S/C48H32N2O/c1-3-18-38(19-4-1)49(40-26-23-33-13-7-9-16-36(33)31-40)45-30-29-44-43-28-25-35-15-11-12-22-42(35)47(43)51-48(44)46(45)50(39-20-5-2-6-21-39)41-27-24-34-14-8-10-17-37(34)32-41/h1-32H. The molecular formula is C48H32N2O. The van der Waals surface area contributed by atoms with Crippen molar-refractivity contribution in [3.8, 4) is 0 Å². The van der Waals surface area contributed by atoms with E-state index in [0.717, 1.165) is 66.8 Å². The lowest BCUT2D eigenvalue weighted by Gasteiger charge is -2.33. The van der Waals surface area contributed by atoms with E-state index < -0.39 is 0 Å². The molecule has 1 heterocycles. The molecule has 3 nitrogen and oxygen atoms in total. The van der Waals surface area contributed by atoms with Crippen molar-refractivity contribution in [3.63, 3.8) is 0 Å². The van der Waals surface area contributed by atoms with Crippen LogP contribution in [-0.2, 0) is 0 Å². The Balaban J connectivity index is 1.35. The highest BCUT2D eigenvalue weighted by molar-refractivity contribution is 6.19. The summed E-state index contributed by atoms with van der Waals surface area (Å²) >= 11 is 0. The Hall–Kier alpha value is -6.84. The quantitative estimate of drug-likeness (QED) is 0.178. The van der Waals surface area contributed by atoms with Gasteiger partial charge < -0.3 is 14.2 Å². The van der Waals surface area contributed by atoms with Crippen LogP contribution in [0.2, 0.25) is 0 Å². The molecule has 0 saturated heterocycles. The number of nitrogens with zero attached hydrogens (tertiary/aromatic N) is 2. The van der Waals surface area contributed by atoms with Crippen LogP contribution in [0.1, 0.15) is 0 Å². The van der Waals surface area contributed by atoms with Crippen LogP contribution in [0.25, 0.3) is 54.3 Å². The maximum absolute atomic E-state index is 7.17. The summed E-state index contributed by atoms with van der Waals surface area (Å²) in [6.07, 6.45) is 0. The van der Waals surface area contributed by atoms with Gasteiger partial charge >= 0.3 is 0 Å². The minimum absolute atomic E-state index is 0.831. The van der Waals surface area contributed by atoms with E-state index in [1.807, 2.05) is 0 Å². The predicted molar refractivity (Wildman–Crippen MR) is 216 cm³/mol. The summed E-state index contributed by atoms with van der Waals surface area (Å²) in [6.45, 7) is 0. The molecule has 10 aromatic rings. The lowest BCUT2D eigenvalue weighted by atomic mass is 10.0. The molecular weight excluding hydrogens is 621 g/mol. The number of fused-ring (bicyclic) bond motifs is 7. The molecule has 3 heteroatoms. The van der Waals surface area contributed by atoms with Crippen molar-refractivity contribution in [1.29, 1.82) is 0 Å². The molecule has 0 aliphatic heterocycles. The fraction of sp³-hybridized carbons (Fsp3) is 0. The molecule has 0 spiro atoms. The first-order chi connectivity index (χ1) is 25.3. The van der Waals surface area contributed by atoms with Gasteiger partial charge in [0.05, 0.1) is 5.69 Å². The Labute approximate surface area is 295 Å². The van der Waals surface area contributed by atoms with Gasteiger partial charge in [-0.3, -0.25) is 0 Å². The van der Waals surface area contributed by atoms with Crippen LogP contribution in [0.3, 0.4) is 0 Å². The van der Waals surface area contributed by atoms with Crippen LogP contribution in [-0.4, -0.2) is 0 Å². The maximum atomic E-state index is 7.17. The van der Waals surface area contributed by atoms with Crippen LogP contribution < -0.4 is 9.80 Å². The number of hydrogen-bond donors (Lipinski definition) is 0. The van der Waals surface area contributed by atoms with Gasteiger partial charge in [0, 0.05) is 38.9 Å². The largest absolute Gasteiger partial charge is 0.453 e. The Bertz CT molecular complexity index is 2880. The zero-order chi connectivity index (χ0) is 33.7. The van der Waals surface area contributed by atoms with Gasteiger partial charge in [-0.15, -0.1) is 0 Å². The van der Waals surface area contributed by atoms with Crippen LogP contribution in [0.4, 0.5) is 34.1 Å². The van der Waals surface area contributed by atoms with E-state index in [4.69, 9.17) is 4.42 Å². The number of rotatable bonds is 6. The lowest BCUT2D eigenvalue weighted by molar-refractivity contribution is 0.673. The average Bonchev–Trinajstić information content (AvgIpc) is 3.59. The highest BCUT2D eigenvalue weighted by Crippen LogP contribution is 2.51. The molecule has 0 N–H and O–H groups in total. The zero-order valence-electron chi connectivity index (χ0n) is 27.8. The van der Waals surface area contributed by atoms with Crippen molar-refractivity contribution >= 4 is 88.4 Å². The van der Waals surface area contributed by atoms with Gasteiger partial charge in [0.2, 0.25) is 0 Å². The van der Waals surface area contributed by atoms with E-state index in [2.05, 4.69) is 204 Å².